The predicted molar refractivity (Wildman–Crippen MR) is 61.2 cm³/mol. The van der Waals surface area contributed by atoms with Gasteiger partial charge in [0.1, 0.15) is 0 Å². The van der Waals surface area contributed by atoms with Gasteiger partial charge in [-0.3, -0.25) is 4.90 Å². The summed E-state index contributed by atoms with van der Waals surface area (Å²) < 4.78 is 0. The zero-order valence-corrected chi connectivity index (χ0v) is 9.45. The summed E-state index contributed by atoms with van der Waals surface area (Å²) in [4.78, 5) is 11.8. The fraction of sp³-hybridized carbons (Fsp3) is 0.545. The van der Waals surface area contributed by atoms with E-state index in [1.54, 1.807) is 20.8 Å². The van der Waals surface area contributed by atoms with Crippen LogP contribution >= 0.6 is 0 Å². The third-order valence-corrected chi connectivity index (χ3v) is 1.41. The van der Waals surface area contributed by atoms with Crippen molar-refractivity contribution in [2.75, 3.05) is 13.1 Å². The number of terminal acetylenes is 2. The number of amides is 1. The molecule has 0 atom stereocenters. The van der Waals surface area contributed by atoms with Gasteiger partial charge in [0.25, 0.3) is 0 Å². The molecule has 4 heteroatoms. The molecule has 0 bridgehead atoms. The van der Waals surface area contributed by atoms with Crippen LogP contribution in [0.4, 0.5) is 4.79 Å². The smallest absolute Gasteiger partial charge is 0.408 e. The van der Waals surface area contributed by atoms with Crippen LogP contribution in [0.2, 0.25) is 0 Å². The molecule has 0 radical (unpaired) electrons. The molecule has 84 valence electrons. The maximum Gasteiger partial charge on any atom is 0.408 e. The molecule has 15 heavy (non-hydrogen) atoms. The normalized spacial score (nSPS) is 8.93. The highest BCUT2D eigenvalue weighted by Crippen LogP contribution is 2.11. The summed E-state index contributed by atoms with van der Waals surface area (Å²) in [6.45, 7) is 5.90. The van der Waals surface area contributed by atoms with Crippen molar-refractivity contribution in [1.29, 1.82) is 0 Å². The number of hydrogen-bond donors (Lipinski definition) is 2. The first-order chi connectivity index (χ1) is 6.81. The summed E-state index contributed by atoms with van der Waals surface area (Å²) in [7, 11) is 0. The van der Waals surface area contributed by atoms with Crippen LogP contribution in [-0.2, 0) is 0 Å². The Bertz CT molecular complexity index is 266. The number of nitrogens with zero attached hydrogens (tertiary/aromatic N) is 1. The summed E-state index contributed by atoms with van der Waals surface area (Å²) in [5, 5.41) is 8.67. The molecular formula is C11H18N2O2. The Morgan fingerprint density at radius 3 is 1.87 bits per heavy atom. The van der Waals surface area contributed by atoms with Crippen molar-refractivity contribution >= 4 is 6.09 Å². The molecule has 0 unspecified atom stereocenters. The Kier molecular flexibility index (Phi) is 8.14. The molecule has 3 N–H and O–H groups in total. The number of carbonyl (C=O) groups is 1. The van der Waals surface area contributed by atoms with Crippen LogP contribution in [-0.4, -0.2) is 34.7 Å². The molecule has 0 spiro atoms. The molecule has 0 saturated heterocycles. The van der Waals surface area contributed by atoms with Gasteiger partial charge in [0.05, 0.1) is 13.1 Å². The van der Waals surface area contributed by atoms with Gasteiger partial charge in [0.15, 0.2) is 0 Å². The molecule has 0 aliphatic carbocycles. The van der Waals surface area contributed by atoms with E-state index in [9.17, 15) is 4.79 Å². The van der Waals surface area contributed by atoms with Crippen LogP contribution in [0, 0.1) is 24.7 Å². The summed E-state index contributed by atoms with van der Waals surface area (Å²) >= 11 is 0. The van der Waals surface area contributed by atoms with E-state index in [4.69, 9.17) is 17.3 Å². The topological polar surface area (TPSA) is 66.6 Å². The molecule has 0 aromatic rings. The minimum Gasteiger partial charge on any atom is -0.465 e. The standard InChI is InChI=1S/C8H13NO2.C3H5N/c1-5-6-9(7(10)11)8(2,3)4;1-2-3-4/h1H,6H2,2-4H3,(H,10,11);1H,3-4H2. The fourth-order valence-corrected chi connectivity index (χ4v) is 0.683. The molecule has 0 aliphatic heterocycles. The number of rotatable bonds is 1. The van der Waals surface area contributed by atoms with Gasteiger partial charge in [0, 0.05) is 5.54 Å². The van der Waals surface area contributed by atoms with Gasteiger partial charge in [-0.1, -0.05) is 11.8 Å². The molecule has 0 rings (SSSR count). The summed E-state index contributed by atoms with van der Waals surface area (Å²) in [6.07, 6.45) is 8.69. The van der Waals surface area contributed by atoms with Crippen molar-refractivity contribution in [2.24, 2.45) is 5.73 Å². The van der Waals surface area contributed by atoms with Crippen LogP contribution in [0.25, 0.3) is 0 Å². The van der Waals surface area contributed by atoms with E-state index in [0.717, 1.165) is 0 Å². The van der Waals surface area contributed by atoms with E-state index in [0.29, 0.717) is 6.54 Å². The highest BCUT2D eigenvalue weighted by Gasteiger charge is 2.24. The van der Waals surface area contributed by atoms with Gasteiger partial charge in [-0.05, 0) is 20.8 Å². The van der Waals surface area contributed by atoms with Crippen molar-refractivity contribution in [1.82, 2.24) is 4.90 Å². The Hall–Kier alpha value is -1.65. The SMILES string of the molecule is C#CCN.C#CCN(C(=O)O)C(C)(C)C. The first-order valence-corrected chi connectivity index (χ1v) is 4.38. The highest BCUT2D eigenvalue weighted by molar-refractivity contribution is 5.66. The number of carboxylic acid groups (broad SMARTS) is 1. The largest absolute Gasteiger partial charge is 0.465 e. The lowest BCUT2D eigenvalue weighted by atomic mass is 10.1. The van der Waals surface area contributed by atoms with E-state index in [1.807, 2.05) is 0 Å². The molecular weight excluding hydrogens is 192 g/mol. The van der Waals surface area contributed by atoms with Crippen LogP contribution < -0.4 is 5.73 Å². The lowest BCUT2D eigenvalue weighted by molar-refractivity contribution is 0.110. The van der Waals surface area contributed by atoms with Crippen LogP contribution in [0.5, 0.6) is 0 Å². The Morgan fingerprint density at radius 2 is 1.80 bits per heavy atom. The lowest BCUT2D eigenvalue weighted by Gasteiger charge is -2.31. The molecule has 1 amide bonds. The first kappa shape index (κ1) is 15.8. The predicted octanol–water partition coefficient (Wildman–Crippen LogP) is 0.976. The molecule has 4 nitrogen and oxygen atoms in total. The van der Waals surface area contributed by atoms with Gasteiger partial charge in [-0.15, -0.1) is 12.8 Å². The van der Waals surface area contributed by atoms with Crippen molar-refractivity contribution < 1.29 is 9.90 Å². The van der Waals surface area contributed by atoms with E-state index < -0.39 is 11.6 Å². The van der Waals surface area contributed by atoms with Crippen molar-refractivity contribution in [3.63, 3.8) is 0 Å². The zero-order chi connectivity index (χ0) is 12.5. The van der Waals surface area contributed by atoms with Gasteiger partial charge >= 0.3 is 6.09 Å². The second-order valence-corrected chi connectivity index (χ2v) is 3.65. The molecule has 0 fully saturated rings. The zero-order valence-electron chi connectivity index (χ0n) is 9.45. The van der Waals surface area contributed by atoms with Gasteiger partial charge < -0.3 is 10.8 Å². The fourth-order valence-electron chi connectivity index (χ4n) is 0.683. The number of hydrogen-bond acceptors (Lipinski definition) is 2. The van der Waals surface area contributed by atoms with Crippen LogP contribution in [0.1, 0.15) is 20.8 Å². The summed E-state index contributed by atoms with van der Waals surface area (Å²) in [6, 6.07) is 0. The van der Waals surface area contributed by atoms with Crippen molar-refractivity contribution in [2.45, 2.75) is 26.3 Å². The van der Waals surface area contributed by atoms with Gasteiger partial charge in [-0.2, -0.15) is 0 Å². The molecule has 0 heterocycles. The van der Waals surface area contributed by atoms with Gasteiger partial charge in [-0.25, -0.2) is 4.79 Å². The lowest BCUT2D eigenvalue weighted by Crippen LogP contribution is -2.44. The minimum atomic E-state index is -0.976. The summed E-state index contributed by atoms with van der Waals surface area (Å²) in [5.41, 5.74) is 4.37. The number of nitrogens with two attached hydrogens (primary N) is 1. The highest BCUT2D eigenvalue weighted by atomic mass is 16.4. The van der Waals surface area contributed by atoms with E-state index in [-0.39, 0.29) is 6.54 Å². The average molecular weight is 210 g/mol. The molecule has 0 aliphatic rings. The Balaban J connectivity index is 0. The van der Waals surface area contributed by atoms with E-state index in [1.165, 1.54) is 4.90 Å². The average Bonchev–Trinajstić information content (AvgIpc) is 2.12. The quantitative estimate of drug-likeness (QED) is 0.634. The third-order valence-electron chi connectivity index (χ3n) is 1.41. The van der Waals surface area contributed by atoms with Crippen LogP contribution in [0.3, 0.4) is 0 Å². The third kappa shape index (κ3) is 8.67. The van der Waals surface area contributed by atoms with Crippen molar-refractivity contribution in [3.8, 4) is 24.7 Å². The molecule has 0 aromatic carbocycles. The minimum absolute atomic E-state index is 0.138. The molecule has 0 aromatic heterocycles. The summed E-state index contributed by atoms with van der Waals surface area (Å²) in [5.74, 6) is 4.51. The Morgan fingerprint density at radius 1 is 1.40 bits per heavy atom. The van der Waals surface area contributed by atoms with Crippen LogP contribution in [0.15, 0.2) is 0 Å². The Labute approximate surface area is 91.4 Å². The second kappa shape index (κ2) is 7.73. The molecule has 0 saturated carbocycles. The van der Waals surface area contributed by atoms with E-state index >= 15 is 0 Å². The van der Waals surface area contributed by atoms with E-state index in [2.05, 4.69) is 18.3 Å². The maximum absolute atomic E-state index is 10.6. The maximum atomic E-state index is 10.6. The van der Waals surface area contributed by atoms with Gasteiger partial charge in [0.2, 0.25) is 0 Å². The second-order valence-electron chi connectivity index (χ2n) is 3.65. The first-order valence-electron chi connectivity index (χ1n) is 4.38. The monoisotopic (exact) mass is 210 g/mol. The van der Waals surface area contributed by atoms with Crippen molar-refractivity contribution in [3.05, 3.63) is 0 Å².